The fraction of sp³-hybridized carbons (Fsp3) is 0.846. The third-order valence-electron chi connectivity index (χ3n) is 7.16. The molecule has 0 aliphatic heterocycles. The molecular formula is C26H47NO10S. The molecule has 0 bridgehead atoms. The zero-order valence-electron chi connectivity index (χ0n) is 22.6. The Balaban J connectivity index is 4.74. The van der Waals surface area contributed by atoms with E-state index in [0.717, 1.165) is 32.1 Å². The first-order valence-electron chi connectivity index (χ1n) is 13.8. The first-order chi connectivity index (χ1) is 17.8. The van der Waals surface area contributed by atoms with E-state index in [-0.39, 0.29) is 6.42 Å². The van der Waals surface area contributed by atoms with E-state index in [0.29, 0.717) is 6.42 Å². The molecule has 0 rings (SSSR count). The Labute approximate surface area is 226 Å². The summed E-state index contributed by atoms with van der Waals surface area (Å²) in [7, 11) is -5.78. The topological polar surface area (TPSA) is 209 Å². The van der Waals surface area contributed by atoms with Gasteiger partial charge in [0.05, 0.1) is 12.3 Å². The van der Waals surface area contributed by atoms with Gasteiger partial charge in [-0.1, -0.05) is 110 Å². The standard InChI is InChI=1S/C26H47NO10S/c1-2-3-4-5-6-7-8-9-10-11-12-13-14-15-16-17-18-20(23(27)30)26(25(33)34,38(35,36)37)21(24(31)32)19-22(28)29/h20-21H,2-19H2,1H3,(H2,27,30)(H,28,29)(H,31,32)(H,33,34)(H,35,36,37). The highest BCUT2D eigenvalue weighted by atomic mass is 32.2. The second kappa shape index (κ2) is 18.9. The van der Waals surface area contributed by atoms with Gasteiger partial charge >= 0.3 is 17.9 Å². The molecule has 222 valence electrons. The Morgan fingerprint density at radius 2 is 1.05 bits per heavy atom. The molecule has 0 spiro atoms. The van der Waals surface area contributed by atoms with Gasteiger partial charge in [-0.3, -0.25) is 23.7 Å². The first kappa shape index (κ1) is 35.8. The zero-order chi connectivity index (χ0) is 29.2. The van der Waals surface area contributed by atoms with E-state index in [1.165, 1.54) is 57.8 Å². The SMILES string of the molecule is CCCCCCCCCCCCCCCCCCC(C(N)=O)C(C(=O)O)(C(CC(=O)O)C(=O)O)S(=O)(=O)O. The minimum Gasteiger partial charge on any atom is -0.481 e. The Hall–Kier alpha value is -2.21. The van der Waals surface area contributed by atoms with Crippen LogP contribution in [0.25, 0.3) is 0 Å². The third-order valence-corrected chi connectivity index (χ3v) is 8.76. The van der Waals surface area contributed by atoms with Gasteiger partial charge in [-0.15, -0.1) is 0 Å². The molecule has 0 aromatic carbocycles. The van der Waals surface area contributed by atoms with Crippen LogP contribution in [-0.4, -0.2) is 56.9 Å². The molecule has 0 aromatic rings. The van der Waals surface area contributed by atoms with E-state index < -0.39 is 63.4 Å². The van der Waals surface area contributed by atoms with Crippen LogP contribution in [0.4, 0.5) is 0 Å². The van der Waals surface area contributed by atoms with Gasteiger partial charge in [0.2, 0.25) is 10.7 Å². The maximum absolute atomic E-state index is 12.3. The lowest BCUT2D eigenvalue weighted by atomic mass is 9.75. The highest BCUT2D eigenvalue weighted by Crippen LogP contribution is 2.40. The summed E-state index contributed by atoms with van der Waals surface area (Å²) in [5.74, 6) is -12.5. The van der Waals surface area contributed by atoms with Crippen molar-refractivity contribution < 1.29 is 47.5 Å². The van der Waals surface area contributed by atoms with Crippen molar-refractivity contribution in [1.82, 2.24) is 0 Å². The molecule has 0 saturated carbocycles. The lowest BCUT2D eigenvalue weighted by molar-refractivity contribution is -0.159. The molecule has 1 amide bonds. The van der Waals surface area contributed by atoms with Gasteiger partial charge in [-0.05, 0) is 6.42 Å². The van der Waals surface area contributed by atoms with Gasteiger partial charge in [-0.25, -0.2) is 0 Å². The van der Waals surface area contributed by atoms with E-state index in [4.69, 9.17) is 10.8 Å². The molecule has 6 N–H and O–H groups in total. The summed E-state index contributed by atoms with van der Waals surface area (Å²) in [4.78, 5) is 47.2. The predicted octanol–water partition coefficient (Wildman–Crippen LogP) is 4.63. The fourth-order valence-electron chi connectivity index (χ4n) is 5.07. The van der Waals surface area contributed by atoms with Crippen LogP contribution < -0.4 is 5.73 Å². The van der Waals surface area contributed by atoms with Crippen LogP contribution in [0.3, 0.4) is 0 Å². The van der Waals surface area contributed by atoms with Crippen molar-refractivity contribution in [3.8, 4) is 0 Å². The normalized spacial score (nSPS) is 14.9. The van der Waals surface area contributed by atoms with Crippen molar-refractivity contribution in [1.29, 1.82) is 0 Å². The van der Waals surface area contributed by atoms with Crippen molar-refractivity contribution in [3.05, 3.63) is 0 Å². The smallest absolute Gasteiger partial charge is 0.329 e. The summed E-state index contributed by atoms with van der Waals surface area (Å²) >= 11 is 0. The monoisotopic (exact) mass is 565 g/mol. The summed E-state index contributed by atoms with van der Waals surface area (Å²) in [6, 6.07) is 0. The summed E-state index contributed by atoms with van der Waals surface area (Å²) in [6.45, 7) is 2.21. The zero-order valence-corrected chi connectivity index (χ0v) is 23.4. The molecule has 0 radical (unpaired) electrons. The van der Waals surface area contributed by atoms with Crippen molar-refractivity contribution in [2.24, 2.45) is 17.6 Å². The van der Waals surface area contributed by atoms with Gasteiger partial charge < -0.3 is 21.1 Å². The number of hydrogen-bond acceptors (Lipinski definition) is 6. The number of aliphatic carboxylic acids is 3. The van der Waals surface area contributed by atoms with E-state index >= 15 is 0 Å². The first-order valence-corrected chi connectivity index (χ1v) is 15.2. The minimum absolute atomic E-state index is 0.149. The molecule has 0 saturated heterocycles. The van der Waals surface area contributed by atoms with Gasteiger partial charge in [0.15, 0.2) is 0 Å². The van der Waals surface area contributed by atoms with E-state index in [1.54, 1.807) is 0 Å². The van der Waals surface area contributed by atoms with Crippen LogP contribution in [0.1, 0.15) is 122 Å². The molecule has 3 unspecified atom stereocenters. The fourth-order valence-corrected chi connectivity index (χ4v) is 6.43. The molecular weight excluding hydrogens is 518 g/mol. The summed E-state index contributed by atoms with van der Waals surface area (Å²) in [5, 5.41) is 28.2. The summed E-state index contributed by atoms with van der Waals surface area (Å²) < 4.78 is 30.7. The van der Waals surface area contributed by atoms with Gasteiger partial charge in [0.1, 0.15) is 5.92 Å². The van der Waals surface area contributed by atoms with Crippen molar-refractivity contribution in [3.63, 3.8) is 0 Å². The van der Waals surface area contributed by atoms with Crippen LogP contribution in [0.2, 0.25) is 0 Å². The lowest BCUT2D eigenvalue weighted by Gasteiger charge is -2.36. The highest BCUT2D eigenvalue weighted by molar-refractivity contribution is 7.88. The number of rotatable bonds is 25. The molecule has 11 nitrogen and oxygen atoms in total. The lowest BCUT2D eigenvalue weighted by Crippen LogP contribution is -2.63. The van der Waals surface area contributed by atoms with Gasteiger partial charge in [-0.2, -0.15) is 8.42 Å². The Morgan fingerprint density at radius 3 is 1.32 bits per heavy atom. The van der Waals surface area contributed by atoms with Crippen molar-refractivity contribution >= 4 is 33.9 Å². The van der Waals surface area contributed by atoms with Crippen LogP contribution in [-0.2, 0) is 29.3 Å². The molecule has 0 fully saturated rings. The number of carboxylic acid groups (broad SMARTS) is 3. The maximum Gasteiger partial charge on any atom is 0.329 e. The van der Waals surface area contributed by atoms with E-state index in [2.05, 4.69) is 6.92 Å². The van der Waals surface area contributed by atoms with Crippen LogP contribution in [0.5, 0.6) is 0 Å². The molecule has 0 aliphatic carbocycles. The largest absolute Gasteiger partial charge is 0.481 e. The molecule has 0 heterocycles. The average Bonchev–Trinajstić information content (AvgIpc) is 2.80. The van der Waals surface area contributed by atoms with Crippen LogP contribution in [0.15, 0.2) is 0 Å². The third kappa shape index (κ3) is 12.1. The summed E-state index contributed by atoms with van der Waals surface area (Å²) in [5.41, 5.74) is 5.27. The van der Waals surface area contributed by atoms with E-state index in [9.17, 15) is 42.4 Å². The predicted molar refractivity (Wildman–Crippen MR) is 142 cm³/mol. The van der Waals surface area contributed by atoms with Crippen LogP contribution >= 0.6 is 0 Å². The second-order valence-corrected chi connectivity index (χ2v) is 11.7. The van der Waals surface area contributed by atoms with Crippen molar-refractivity contribution in [2.45, 2.75) is 127 Å². The number of carbonyl (C=O) groups is 4. The minimum atomic E-state index is -5.78. The quantitative estimate of drug-likeness (QED) is 0.0765. The second-order valence-electron chi connectivity index (χ2n) is 10.1. The van der Waals surface area contributed by atoms with Gasteiger partial charge in [0, 0.05) is 0 Å². The molecule has 12 heteroatoms. The average molecular weight is 566 g/mol. The number of carbonyl (C=O) groups excluding carboxylic acids is 1. The number of primary amides is 1. The van der Waals surface area contributed by atoms with Crippen molar-refractivity contribution in [2.75, 3.05) is 0 Å². The Bertz CT molecular complexity index is 845. The molecule has 3 atom stereocenters. The maximum atomic E-state index is 12.3. The number of hydrogen-bond donors (Lipinski definition) is 5. The van der Waals surface area contributed by atoms with Gasteiger partial charge in [0.25, 0.3) is 10.1 Å². The molecule has 0 aromatic heterocycles. The molecule has 0 aliphatic rings. The molecule has 38 heavy (non-hydrogen) atoms. The Kier molecular flexibility index (Phi) is 17.8. The highest BCUT2D eigenvalue weighted by Gasteiger charge is 2.66. The number of carboxylic acids is 3. The number of amides is 1. The van der Waals surface area contributed by atoms with Crippen LogP contribution in [0, 0.1) is 11.8 Å². The van der Waals surface area contributed by atoms with E-state index in [1.807, 2.05) is 0 Å². The summed E-state index contributed by atoms with van der Waals surface area (Å²) in [6.07, 6.45) is 15.2. The number of unbranched alkanes of at least 4 members (excludes halogenated alkanes) is 15. The number of nitrogens with two attached hydrogens (primary N) is 1. The Morgan fingerprint density at radius 1 is 0.684 bits per heavy atom.